The van der Waals surface area contributed by atoms with E-state index in [9.17, 15) is 4.79 Å². The first kappa shape index (κ1) is 20.4. The maximum Gasteiger partial charge on any atom is 0.255 e. The summed E-state index contributed by atoms with van der Waals surface area (Å²) in [5.74, 6) is 2.35. The van der Waals surface area contributed by atoms with Crippen LogP contribution < -0.4 is 15.4 Å². The van der Waals surface area contributed by atoms with Gasteiger partial charge in [-0.2, -0.15) is 4.98 Å². The van der Waals surface area contributed by atoms with Crippen molar-refractivity contribution in [2.75, 3.05) is 17.2 Å². The van der Waals surface area contributed by atoms with Crippen molar-refractivity contribution in [3.63, 3.8) is 0 Å². The minimum Gasteiger partial charge on any atom is -0.494 e. The second kappa shape index (κ2) is 9.73. The van der Waals surface area contributed by atoms with Gasteiger partial charge in [0.2, 0.25) is 5.89 Å². The fourth-order valence-corrected chi connectivity index (χ4v) is 2.73. The van der Waals surface area contributed by atoms with E-state index >= 15 is 0 Å². The molecular weight excluding hydrogens is 368 g/mol. The van der Waals surface area contributed by atoms with Crippen LogP contribution in [0.4, 0.5) is 11.4 Å². The average Bonchev–Trinajstić information content (AvgIpc) is 3.15. The number of ether oxygens (including phenoxy) is 1. The van der Waals surface area contributed by atoms with Gasteiger partial charge in [0.15, 0.2) is 5.82 Å². The van der Waals surface area contributed by atoms with Gasteiger partial charge in [-0.1, -0.05) is 19.0 Å². The number of nitrogens with one attached hydrogen (secondary N) is 2. The summed E-state index contributed by atoms with van der Waals surface area (Å²) in [5.41, 5.74) is 2.15. The summed E-state index contributed by atoms with van der Waals surface area (Å²) in [5, 5.41) is 10.1. The summed E-state index contributed by atoms with van der Waals surface area (Å²) < 4.78 is 10.6. The third-order valence-corrected chi connectivity index (χ3v) is 4.11. The Morgan fingerprint density at radius 2 is 1.76 bits per heavy atom. The molecule has 0 saturated heterocycles. The lowest BCUT2D eigenvalue weighted by Crippen LogP contribution is -2.11. The van der Waals surface area contributed by atoms with E-state index < -0.39 is 0 Å². The molecule has 152 valence electrons. The SMILES string of the molecule is CCOc1ccc(NC(=O)c2ccc(NCc3nc(CC(C)C)no3)cc2)cc1. The normalized spacial score (nSPS) is 10.8. The summed E-state index contributed by atoms with van der Waals surface area (Å²) in [4.78, 5) is 16.8. The molecule has 3 rings (SSSR count). The molecule has 2 aromatic carbocycles. The van der Waals surface area contributed by atoms with Gasteiger partial charge in [-0.3, -0.25) is 4.79 Å². The zero-order valence-electron chi connectivity index (χ0n) is 16.9. The molecule has 29 heavy (non-hydrogen) atoms. The van der Waals surface area contributed by atoms with E-state index in [0.29, 0.717) is 36.2 Å². The lowest BCUT2D eigenvalue weighted by atomic mass is 10.1. The number of hydrogen-bond acceptors (Lipinski definition) is 6. The van der Waals surface area contributed by atoms with Crippen molar-refractivity contribution in [1.29, 1.82) is 0 Å². The third kappa shape index (κ3) is 6.07. The largest absolute Gasteiger partial charge is 0.494 e. The first-order valence-electron chi connectivity index (χ1n) is 9.73. The lowest BCUT2D eigenvalue weighted by Gasteiger charge is -2.08. The van der Waals surface area contributed by atoms with Crippen LogP contribution in [0.15, 0.2) is 53.1 Å². The number of nitrogens with zero attached hydrogens (tertiary/aromatic N) is 2. The first-order chi connectivity index (χ1) is 14.0. The Hall–Kier alpha value is -3.35. The highest BCUT2D eigenvalue weighted by Crippen LogP contribution is 2.17. The highest BCUT2D eigenvalue weighted by molar-refractivity contribution is 6.04. The second-order valence-electron chi connectivity index (χ2n) is 7.04. The number of hydrogen-bond donors (Lipinski definition) is 2. The van der Waals surface area contributed by atoms with Crippen molar-refractivity contribution < 1.29 is 14.1 Å². The Bertz CT molecular complexity index is 918. The number of carbonyl (C=O) groups is 1. The van der Waals surface area contributed by atoms with E-state index in [0.717, 1.165) is 23.7 Å². The van der Waals surface area contributed by atoms with Gasteiger partial charge < -0.3 is 19.9 Å². The van der Waals surface area contributed by atoms with E-state index in [-0.39, 0.29) is 5.91 Å². The number of aromatic nitrogens is 2. The summed E-state index contributed by atoms with van der Waals surface area (Å²) in [7, 11) is 0. The van der Waals surface area contributed by atoms with Gasteiger partial charge in [-0.25, -0.2) is 0 Å². The minimum absolute atomic E-state index is 0.170. The Morgan fingerprint density at radius 1 is 1.07 bits per heavy atom. The van der Waals surface area contributed by atoms with Crippen LogP contribution in [-0.2, 0) is 13.0 Å². The zero-order valence-corrected chi connectivity index (χ0v) is 16.9. The van der Waals surface area contributed by atoms with Gasteiger partial charge in [-0.05, 0) is 61.4 Å². The van der Waals surface area contributed by atoms with Crippen LogP contribution >= 0.6 is 0 Å². The monoisotopic (exact) mass is 394 g/mol. The predicted octanol–water partition coefficient (Wildman–Crippen LogP) is 4.53. The summed E-state index contributed by atoms with van der Waals surface area (Å²) >= 11 is 0. The van der Waals surface area contributed by atoms with Gasteiger partial charge in [0.25, 0.3) is 5.91 Å². The molecule has 0 aliphatic carbocycles. The minimum atomic E-state index is -0.170. The van der Waals surface area contributed by atoms with Gasteiger partial charge in [-0.15, -0.1) is 0 Å². The molecule has 0 spiro atoms. The number of amides is 1. The quantitative estimate of drug-likeness (QED) is 0.554. The van der Waals surface area contributed by atoms with Gasteiger partial charge >= 0.3 is 0 Å². The number of benzene rings is 2. The molecule has 0 radical (unpaired) electrons. The standard InChI is InChI=1S/C22H26N4O3/c1-4-28-19-11-9-18(10-12-19)24-22(27)16-5-7-17(8-6-16)23-14-21-25-20(26-29-21)13-15(2)3/h5-12,15,23H,4,13-14H2,1-3H3,(H,24,27). The fourth-order valence-electron chi connectivity index (χ4n) is 2.73. The van der Waals surface area contributed by atoms with Crippen molar-refractivity contribution in [2.45, 2.75) is 33.7 Å². The Morgan fingerprint density at radius 3 is 2.41 bits per heavy atom. The molecule has 0 unspecified atom stereocenters. The average molecular weight is 394 g/mol. The number of carbonyl (C=O) groups excluding carboxylic acids is 1. The summed E-state index contributed by atoms with van der Waals surface area (Å²) in [6.45, 7) is 7.20. The number of anilines is 2. The maximum atomic E-state index is 12.4. The topological polar surface area (TPSA) is 89.3 Å². The molecule has 0 fully saturated rings. The van der Waals surface area contributed by atoms with Gasteiger partial charge in [0.05, 0.1) is 13.2 Å². The molecule has 7 heteroatoms. The third-order valence-electron chi connectivity index (χ3n) is 4.11. The molecule has 0 saturated carbocycles. The Balaban J connectivity index is 1.52. The van der Waals surface area contributed by atoms with E-state index in [1.165, 1.54) is 0 Å². The van der Waals surface area contributed by atoms with Crippen molar-refractivity contribution in [3.05, 3.63) is 65.8 Å². The molecular formula is C22H26N4O3. The van der Waals surface area contributed by atoms with Crippen LogP contribution in [0.25, 0.3) is 0 Å². The molecule has 1 amide bonds. The smallest absolute Gasteiger partial charge is 0.255 e. The lowest BCUT2D eigenvalue weighted by molar-refractivity contribution is 0.102. The summed E-state index contributed by atoms with van der Waals surface area (Å²) in [6, 6.07) is 14.5. The second-order valence-corrected chi connectivity index (χ2v) is 7.04. The van der Waals surface area contributed by atoms with E-state index in [1.54, 1.807) is 12.1 Å². The van der Waals surface area contributed by atoms with E-state index in [1.807, 2.05) is 43.3 Å². The van der Waals surface area contributed by atoms with Gasteiger partial charge in [0.1, 0.15) is 5.75 Å². The fraction of sp³-hybridized carbons (Fsp3) is 0.318. The van der Waals surface area contributed by atoms with E-state index in [4.69, 9.17) is 9.26 Å². The number of rotatable bonds is 9. The van der Waals surface area contributed by atoms with Gasteiger partial charge in [0, 0.05) is 23.4 Å². The first-order valence-corrected chi connectivity index (χ1v) is 9.73. The van der Waals surface area contributed by atoms with Crippen molar-refractivity contribution in [1.82, 2.24) is 10.1 Å². The molecule has 0 aliphatic rings. The predicted molar refractivity (Wildman–Crippen MR) is 112 cm³/mol. The molecule has 0 bridgehead atoms. The van der Waals surface area contributed by atoms with Crippen molar-refractivity contribution >= 4 is 17.3 Å². The molecule has 7 nitrogen and oxygen atoms in total. The Labute approximate surface area is 170 Å². The highest BCUT2D eigenvalue weighted by Gasteiger charge is 2.09. The summed E-state index contributed by atoms with van der Waals surface area (Å²) in [6.07, 6.45) is 0.793. The van der Waals surface area contributed by atoms with Crippen LogP contribution in [0.2, 0.25) is 0 Å². The van der Waals surface area contributed by atoms with Crippen LogP contribution in [0.5, 0.6) is 5.75 Å². The Kier molecular flexibility index (Phi) is 6.84. The molecule has 2 N–H and O–H groups in total. The van der Waals surface area contributed by atoms with Crippen LogP contribution in [0.3, 0.4) is 0 Å². The van der Waals surface area contributed by atoms with Crippen molar-refractivity contribution in [2.24, 2.45) is 5.92 Å². The molecule has 0 atom stereocenters. The van der Waals surface area contributed by atoms with Crippen LogP contribution in [-0.4, -0.2) is 22.7 Å². The maximum absolute atomic E-state index is 12.4. The van der Waals surface area contributed by atoms with E-state index in [2.05, 4.69) is 34.6 Å². The molecule has 3 aromatic rings. The van der Waals surface area contributed by atoms with Crippen LogP contribution in [0, 0.1) is 5.92 Å². The molecule has 0 aliphatic heterocycles. The van der Waals surface area contributed by atoms with Crippen molar-refractivity contribution in [3.8, 4) is 5.75 Å². The molecule has 1 aromatic heterocycles. The highest BCUT2D eigenvalue weighted by atomic mass is 16.5. The zero-order chi connectivity index (χ0) is 20.6. The van der Waals surface area contributed by atoms with Crippen LogP contribution in [0.1, 0.15) is 42.8 Å². The molecule has 1 heterocycles.